The van der Waals surface area contributed by atoms with Crippen LogP contribution >= 0.6 is 22.7 Å². The Balaban J connectivity index is 1.28. The summed E-state index contributed by atoms with van der Waals surface area (Å²) in [4.78, 5) is 34.4. The molecular weight excluding hydrogens is 430 g/mol. The maximum Gasteiger partial charge on any atom is 0.265 e. The fourth-order valence-corrected chi connectivity index (χ4v) is 5.73. The number of hydrogen-bond donors (Lipinski definition) is 2. The number of nitrogens with one attached hydrogen (secondary N) is 1. The first-order chi connectivity index (χ1) is 14.9. The highest BCUT2D eigenvalue weighted by atomic mass is 32.1. The number of amides is 2. The average Bonchev–Trinajstić information content (AvgIpc) is 3.33. The van der Waals surface area contributed by atoms with Crippen LogP contribution in [0.3, 0.4) is 0 Å². The summed E-state index contributed by atoms with van der Waals surface area (Å²) < 4.78 is 1.04. The van der Waals surface area contributed by atoms with Crippen LogP contribution in [0.5, 0.6) is 0 Å². The number of primary amides is 1. The largest absolute Gasteiger partial charge is 0.369 e. The van der Waals surface area contributed by atoms with Crippen LogP contribution in [0, 0.1) is 5.92 Å². The lowest BCUT2D eigenvalue weighted by atomic mass is 9.96. The normalized spacial score (nSPS) is 15.3. The zero-order valence-corrected chi connectivity index (χ0v) is 19.4. The van der Waals surface area contributed by atoms with Gasteiger partial charge in [-0.25, -0.2) is 4.98 Å². The number of carbonyl (C=O) groups is 2. The first-order valence-electron chi connectivity index (χ1n) is 10.4. The molecule has 3 N–H and O–H groups in total. The molecule has 3 aromatic rings. The van der Waals surface area contributed by atoms with Gasteiger partial charge in [-0.2, -0.15) is 0 Å². The van der Waals surface area contributed by atoms with Crippen molar-refractivity contribution in [3.63, 3.8) is 0 Å². The molecule has 1 aliphatic heterocycles. The minimum absolute atomic E-state index is 0.0316. The molecule has 4 rings (SSSR count). The summed E-state index contributed by atoms with van der Waals surface area (Å²) in [7, 11) is 3.93. The number of thiazole rings is 1. The zero-order chi connectivity index (χ0) is 22.0. The summed E-state index contributed by atoms with van der Waals surface area (Å²) >= 11 is 3.01. The van der Waals surface area contributed by atoms with Crippen LogP contribution in [0.4, 0.5) is 10.8 Å². The second kappa shape index (κ2) is 9.33. The van der Waals surface area contributed by atoms with Gasteiger partial charge in [0.15, 0.2) is 5.13 Å². The van der Waals surface area contributed by atoms with Crippen molar-refractivity contribution in [2.24, 2.45) is 11.7 Å². The molecule has 1 saturated heterocycles. The van der Waals surface area contributed by atoms with Crippen molar-refractivity contribution < 1.29 is 9.59 Å². The molecule has 1 aromatic carbocycles. The summed E-state index contributed by atoms with van der Waals surface area (Å²) in [5.74, 6) is -0.245. The van der Waals surface area contributed by atoms with Crippen molar-refractivity contribution in [2.75, 3.05) is 43.9 Å². The van der Waals surface area contributed by atoms with E-state index in [1.54, 1.807) is 11.3 Å². The van der Waals surface area contributed by atoms with Crippen LogP contribution in [0.25, 0.3) is 9.53 Å². The summed E-state index contributed by atoms with van der Waals surface area (Å²) in [5, 5.41) is 3.92. The molecule has 31 heavy (non-hydrogen) atoms. The minimum Gasteiger partial charge on any atom is -0.369 e. The lowest BCUT2D eigenvalue weighted by Crippen LogP contribution is -2.39. The molecule has 0 bridgehead atoms. The Morgan fingerprint density at radius 1 is 1.19 bits per heavy atom. The highest BCUT2D eigenvalue weighted by molar-refractivity contribution is 7.29. The fraction of sp³-hybridized carbons (Fsp3) is 0.409. The number of nitrogens with two attached hydrogens (primary N) is 1. The summed E-state index contributed by atoms with van der Waals surface area (Å²) in [5.41, 5.74) is 7.42. The number of likely N-dealkylation sites (tertiary alicyclic amines) is 1. The highest BCUT2D eigenvalue weighted by Crippen LogP contribution is 2.34. The van der Waals surface area contributed by atoms with E-state index in [2.05, 4.69) is 27.3 Å². The molecule has 0 radical (unpaired) electrons. The van der Waals surface area contributed by atoms with Crippen molar-refractivity contribution in [3.8, 4) is 0 Å². The van der Waals surface area contributed by atoms with Gasteiger partial charge in [-0.05, 0) is 56.1 Å². The summed E-state index contributed by atoms with van der Waals surface area (Å²) in [6.07, 6.45) is 2.65. The number of aromatic nitrogens is 1. The molecule has 0 saturated carbocycles. The molecule has 0 atom stereocenters. The first kappa shape index (κ1) is 21.7. The Labute approximate surface area is 189 Å². The quantitative estimate of drug-likeness (QED) is 0.567. The third-order valence-corrected chi connectivity index (χ3v) is 7.93. The third kappa shape index (κ3) is 5.23. The van der Waals surface area contributed by atoms with Gasteiger partial charge in [0.1, 0.15) is 4.83 Å². The predicted octanol–water partition coefficient (Wildman–Crippen LogP) is 3.42. The molecule has 7 nitrogen and oxygen atoms in total. The number of hydrogen-bond acceptors (Lipinski definition) is 7. The number of fused-ring (bicyclic) bond motifs is 1. The Kier molecular flexibility index (Phi) is 6.54. The van der Waals surface area contributed by atoms with E-state index in [1.807, 2.05) is 37.2 Å². The first-order valence-corrected chi connectivity index (χ1v) is 12.0. The van der Waals surface area contributed by atoms with Crippen LogP contribution in [0.1, 0.15) is 28.1 Å². The maximum atomic E-state index is 12.6. The van der Waals surface area contributed by atoms with Crippen molar-refractivity contribution >= 4 is 54.8 Å². The predicted molar refractivity (Wildman–Crippen MR) is 128 cm³/mol. The second-order valence-corrected chi connectivity index (χ2v) is 10.1. The SMILES string of the molecule is CN(C)c1nc2sc(C(=O)Nc3ccc(CCN4CCC(C(N)=O)CC4)cc3)cc2s1. The van der Waals surface area contributed by atoms with Gasteiger partial charge in [-0.15, -0.1) is 11.3 Å². The lowest BCUT2D eigenvalue weighted by Gasteiger charge is -2.30. The van der Waals surface area contributed by atoms with Gasteiger partial charge < -0.3 is 20.9 Å². The number of thiophene rings is 1. The van der Waals surface area contributed by atoms with Gasteiger partial charge in [-0.3, -0.25) is 9.59 Å². The van der Waals surface area contributed by atoms with Gasteiger partial charge in [0, 0.05) is 32.2 Å². The Morgan fingerprint density at radius 3 is 2.52 bits per heavy atom. The topological polar surface area (TPSA) is 91.6 Å². The standard InChI is InChI=1S/C22H27N5O2S2/c1-26(2)22-25-21-18(31-22)13-17(30-21)20(29)24-16-5-3-14(4-6-16)7-10-27-11-8-15(9-12-27)19(23)28/h3-6,13,15H,7-12H2,1-2H3,(H2,23,28)(H,24,29). The molecule has 1 fully saturated rings. The van der Waals surface area contributed by atoms with E-state index in [0.717, 1.165) is 59.2 Å². The molecule has 1 aliphatic rings. The van der Waals surface area contributed by atoms with Crippen LogP contribution < -0.4 is 16.0 Å². The van der Waals surface area contributed by atoms with Crippen molar-refractivity contribution in [1.29, 1.82) is 0 Å². The number of rotatable bonds is 7. The van der Waals surface area contributed by atoms with Crippen LogP contribution in [-0.2, 0) is 11.2 Å². The van der Waals surface area contributed by atoms with Gasteiger partial charge >= 0.3 is 0 Å². The number of piperidine rings is 1. The number of anilines is 2. The second-order valence-electron chi connectivity index (χ2n) is 8.09. The molecule has 164 valence electrons. The van der Waals surface area contributed by atoms with E-state index in [-0.39, 0.29) is 17.7 Å². The van der Waals surface area contributed by atoms with Gasteiger partial charge in [-0.1, -0.05) is 23.5 Å². The van der Waals surface area contributed by atoms with E-state index < -0.39 is 0 Å². The lowest BCUT2D eigenvalue weighted by molar-refractivity contribution is -0.123. The smallest absolute Gasteiger partial charge is 0.265 e. The summed E-state index contributed by atoms with van der Waals surface area (Å²) in [6, 6.07) is 9.93. The molecule has 0 spiro atoms. The Bertz CT molecular complexity index is 1030. The van der Waals surface area contributed by atoms with Crippen LogP contribution in [0.2, 0.25) is 0 Å². The Morgan fingerprint density at radius 2 is 1.90 bits per heavy atom. The van der Waals surface area contributed by atoms with E-state index in [4.69, 9.17) is 5.73 Å². The number of benzene rings is 1. The molecule has 0 unspecified atom stereocenters. The van der Waals surface area contributed by atoms with E-state index >= 15 is 0 Å². The highest BCUT2D eigenvalue weighted by Gasteiger charge is 2.22. The van der Waals surface area contributed by atoms with Crippen molar-refractivity contribution in [1.82, 2.24) is 9.88 Å². The monoisotopic (exact) mass is 457 g/mol. The van der Waals surface area contributed by atoms with Crippen LogP contribution in [-0.4, -0.2) is 55.4 Å². The van der Waals surface area contributed by atoms with Crippen LogP contribution in [0.15, 0.2) is 30.3 Å². The number of carbonyl (C=O) groups excluding carboxylic acids is 2. The molecule has 2 amide bonds. The molecule has 2 aromatic heterocycles. The molecule has 9 heteroatoms. The van der Waals surface area contributed by atoms with E-state index in [0.29, 0.717) is 4.88 Å². The average molecular weight is 458 g/mol. The maximum absolute atomic E-state index is 12.6. The minimum atomic E-state index is -0.172. The molecular formula is C22H27N5O2S2. The van der Waals surface area contributed by atoms with Crippen molar-refractivity contribution in [2.45, 2.75) is 19.3 Å². The fourth-order valence-electron chi connectivity index (χ4n) is 3.70. The zero-order valence-electron chi connectivity index (χ0n) is 17.8. The number of nitrogens with zero attached hydrogens (tertiary/aromatic N) is 3. The van der Waals surface area contributed by atoms with Gasteiger partial charge in [0.05, 0.1) is 9.58 Å². The molecule has 0 aliphatic carbocycles. The molecule has 3 heterocycles. The summed E-state index contributed by atoms with van der Waals surface area (Å²) in [6.45, 7) is 2.81. The van der Waals surface area contributed by atoms with Gasteiger partial charge in [0.2, 0.25) is 5.91 Å². The Hall–Kier alpha value is -2.49. The van der Waals surface area contributed by atoms with Gasteiger partial charge in [0.25, 0.3) is 5.91 Å². The third-order valence-electron chi connectivity index (χ3n) is 5.60. The van der Waals surface area contributed by atoms with Crippen molar-refractivity contribution in [3.05, 3.63) is 40.8 Å². The van der Waals surface area contributed by atoms with E-state index in [9.17, 15) is 9.59 Å². The van der Waals surface area contributed by atoms with E-state index in [1.165, 1.54) is 16.9 Å².